The third-order valence-corrected chi connectivity index (χ3v) is 3.64. The minimum absolute atomic E-state index is 0.475. The molecule has 2 atom stereocenters. The Morgan fingerprint density at radius 3 is 3.06 bits per heavy atom. The molecule has 1 heterocycles. The van der Waals surface area contributed by atoms with E-state index in [-0.39, 0.29) is 0 Å². The average molecular weight is 253 g/mol. The average Bonchev–Trinajstić information content (AvgIpc) is 2.76. The lowest BCUT2D eigenvalue weighted by atomic mass is 10.1. The van der Waals surface area contributed by atoms with Crippen molar-refractivity contribution in [3.8, 4) is 0 Å². The molecule has 0 amide bonds. The van der Waals surface area contributed by atoms with Crippen molar-refractivity contribution in [2.45, 2.75) is 45.2 Å². The van der Waals surface area contributed by atoms with Crippen molar-refractivity contribution in [2.24, 2.45) is 0 Å². The van der Waals surface area contributed by atoms with Crippen LogP contribution in [0.15, 0.2) is 18.2 Å². The minimum atomic E-state index is 0.475. The second kappa shape index (κ2) is 5.74. The van der Waals surface area contributed by atoms with E-state index in [1.807, 2.05) is 12.1 Å². The molecule has 0 aliphatic carbocycles. The van der Waals surface area contributed by atoms with Crippen LogP contribution in [0.4, 0.5) is 5.69 Å². The van der Waals surface area contributed by atoms with Crippen LogP contribution in [0, 0.1) is 6.92 Å². The van der Waals surface area contributed by atoms with Crippen LogP contribution >= 0.6 is 11.6 Å². The zero-order valence-electron chi connectivity index (χ0n) is 10.6. The fourth-order valence-electron chi connectivity index (χ4n) is 2.46. The molecule has 94 valence electrons. The highest BCUT2D eigenvalue weighted by atomic mass is 35.5. The van der Waals surface area contributed by atoms with Gasteiger partial charge in [-0.15, -0.1) is 0 Å². The van der Waals surface area contributed by atoms with Crippen LogP contribution in [0.1, 0.15) is 31.7 Å². The number of rotatable bonds is 4. The molecule has 2 unspecified atom stereocenters. The van der Waals surface area contributed by atoms with Crippen LogP contribution in [0.2, 0.25) is 5.02 Å². The molecule has 0 aromatic heterocycles. The van der Waals surface area contributed by atoms with E-state index in [0.29, 0.717) is 12.1 Å². The van der Waals surface area contributed by atoms with Gasteiger partial charge in [-0.2, -0.15) is 0 Å². The first-order chi connectivity index (χ1) is 8.15. The van der Waals surface area contributed by atoms with E-state index in [9.17, 15) is 0 Å². The summed E-state index contributed by atoms with van der Waals surface area (Å²) in [7, 11) is 0. The minimum Gasteiger partial charge on any atom is -0.382 e. The Hall–Kier alpha value is -0.730. The highest BCUT2D eigenvalue weighted by Crippen LogP contribution is 2.22. The van der Waals surface area contributed by atoms with Gasteiger partial charge in [0.1, 0.15) is 0 Å². The quantitative estimate of drug-likeness (QED) is 0.856. The Labute approximate surface area is 109 Å². The molecule has 0 bridgehead atoms. The lowest BCUT2D eigenvalue weighted by molar-refractivity contribution is 0.523. The van der Waals surface area contributed by atoms with Crippen molar-refractivity contribution in [3.05, 3.63) is 28.8 Å². The van der Waals surface area contributed by atoms with Crippen LogP contribution in [0.3, 0.4) is 0 Å². The molecule has 1 aromatic rings. The lowest BCUT2D eigenvalue weighted by Gasteiger charge is -2.20. The van der Waals surface area contributed by atoms with Gasteiger partial charge in [0, 0.05) is 22.8 Å². The highest BCUT2D eigenvalue weighted by Gasteiger charge is 2.17. The third kappa shape index (κ3) is 3.62. The first-order valence-electron chi connectivity index (χ1n) is 6.41. The summed E-state index contributed by atoms with van der Waals surface area (Å²) in [4.78, 5) is 0. The Balaban J connectivity index is 1.92. The summed E-state index contributed by atoms with van der Waals surface area (Å²) in [6.07, 6.45) is 3.79. The number of nitrogens with one attached hydrogen (secondary N) is 2. The van der Waals surface area contributed by atoms with E-state index in [1.54, 1.807) is 0 Å². The van der Waals surface area contributed by atoms with Gasteiger partial charge in [0.2, 0.25) is 0 Å². The molecule has 0 saturated carbocycles. The zero-order chi connectivity index (χ0) is 12.3. The summed E-state index contributed by atoms with van der Waals surface area (Å²) in [5.74, 6) is 0. The molecule has 1 aliphatic rings. The fourth-order valence-corrected chi connectivity index (χ4v) is 2.63. The standard InChI is InChI=1S/C14H21ClN2/c1-10-5-6-12(15)9-14(10)17-11(2)8-13-4-3-7-16-13/h5-6,9,11,13,16-17H,3-4,7-8H2,1-2H3. The lowest BCUT2D eigenvalue weighted by Crippen LogP contribution is -2.29. The monoisotopic (exact) mass is 252 g/mol. The van der Waals surface area contributed by atoms with E-state index < -0.39 is 0 Å². The fraction of sp³-hybridized carbons (Fsp3) is 0.571. The molecule has 1 aliphatic heterocycles. The van der Waals surface area contributed by atoms with Gasteiger partial charge in [0.05, 0.1) is 0 Å². The number of benzene rings is 1. The Kier molecular flexibility index (Phi) is 4.30. The third-order valence-electron chi connectivity index (χ3n) is 3.40. The molecule has 17 heavy (non-hydrogen) atoms. The molecule has 1 aromatic carbocycles. The molecular formula is C14H21ClN2. The second-order valence-electron chi connectivity index (χ2n) is 5.03. The van der Waals surface area contributed by atoms with Crippen LogP contribution < -0.4 is 10.6 Å². The summed E-state index contributed by atoms with van der Waals surface area (Å²) in [5, 5.41) is 7.88. The summed E-state index contributed by atoms with van der Waals surface area (Å²) in [5.41, 5.74) is 2.41. The van der Waals surface area contributed by atoms with E-state index in [4.69, 9.17) is 11.6 Å². The normalized spacial score (nSPS) is 21.5. The van der Waals surface area contributed by atoms with Gasteiger partial charge >= 0.3 is 0 Å². The number of halogens is 1. The maximum atomic E-state index is 6.02. The molecule has 2 rings (SSSR count). The van der Waals surface area contributed by atoms with Gasteiger partial charge in [-0.1, -0.05) is 17.7 Å². The van der Waals surface area contributed by atoms with Crippen LogP contribution in [-0.2, 0) is 0 Å². The molecule has 2 N–H and O–H groups in total. The van der Waals surface area contributed by atoms with Crippen molar-refractivity contribution in [3.63, 3.8) is 0 Å². The van der Waals surface area contributed by atoms with Crippen LogP contribution in [-0.4, -0.2) is 18.6 Å². The molecule has 1 saturated heterocycles. The molecule has 1 fully saturated rings. The first kappa shape index (κ1) is 12.7. The topological polar surface area (TPSA) is 24.1 Å². The smallest absolute Gasteiger partial charge is 0.0426 e. The maximum absolute atomic E-state index is 6.02. The molecule has 0 radical (unpaired) electrons. The van der Waals surface area contributed by atoms with E-state index in [0.717, 1.165) is 10.7 Å². The van der Waals surface area contributed by atoms with Gasteiger partial charge in [0.15, 0.2) is 0 Å². The van der Waals surface area contributed by atoms with Gasteiger partial charge in [-0.25, -0.2) is 0 Å². The molecule has 0 spiro atoms. The maximum Gasteiger partial charge on any atom is 0.0426 e. The summed E-state index contributed by atoms with van der Waals surface area (Å²) >= 11 is 6.02. The van der Waals surface area contributed by atoms with E-state index >= 15 is 0 Å². The van der Waals surface area contributed by atoms with E-state index in [2.05, 4.69) is 30.5 Å². The van der Waals surface area contributed by atoms with Crippen molar-refractivity contribution in [2.75, 3.05) is 11.9 Å². The Morgan fingerprint density at radius 2 is 2.35 bits per heavy atom. The summed E-state index contributed by atoms with van der Waals surface area (Å²) < 4.78 is 0. The predicted molar refractivity (Wildman–Crippen MR) is 74.9 cm³/mol. The van der Waals surface area contributed by atoms with Crippen molar-refractivity contribution >= 4 is 17.3 Å². The second-order valence-corrected chi connectivity index (χ2v) is 5.47. The van der Waals surface area contributed by atoms with Crippen molar-refractivity contribution < 1.29 is 0 Å². The summed E-state index contributed by atoms with van der Waals surface area (Å²) in [6, 6.07) is 7.16. The Morgan fingerprint density at radius 1 is 1.53 bits per heavy atom. The molecule has 3 heteroatoms. The van der Waals surface area contributed by atoms with Crippen molar-refractivity contribution in [1.29, 1.82) is 0 Å². The molecule has 2 nitrogen and oxygen atoms in total. The van der Waals surface area contributed by atoms with Gasteiger partial charge in [0.25, 0.3) is 0 Å². The zero-order valence-corrected chi connectivity index (χ0v) is 11.3. The summed E-state index contributed by atoms with van der Waals surface area (Å²) in [6.45, 7) is 5.52. The van der Waals surface area contributed by atoms with Crippen molar-refractivity contribution in [1.82, 2.24) is 5.32 Å². The predicted octanol–water partition coefficient (Wildman–Crippen LogP) is 3.59. The SMILES string of the molecule is Cc1ccc(Cl)cc1NC(C)CC1CCCN1. The number of aryl methyl sites for hydroxylation is 1. The Bertz CT molecular complexity index is 372. The first-order valence-corrected chi connectivity index (χ1v) is 6.79. The molecular weight excluding hydrogens is 232 g/mol. The van der Waals surface area contributed by atoms with Gasteiger partial charge < -0.3 is 10.6 Å². The number of hydrogen-bond donors (Lipinski definition) is 2. The largest absolute Gasteiger partial charge is 0.382 e. The van der Waals surface area contributed by atoms with Gasteiger partial charge in [-0.05, 0) is 57.4 Å². The van der Waals surface area contributed by atoms with Gasteiger partial charge in [-0.3, -0.25) is 0 Å². The van der Waals surface area contributed by atoms with E-state index in [1.165, 1.54) is 31.4 Å². The van der Waals surface area contributed by atoms with Crippen LogP contribution in [0.5, 0.6) is 0 Å². The van der Waals surface area contributed by atoms with Crippen LogP contribution in [0.25, 0.3) is 0 Å². The highest BCUT2D eigenvalue weighted by molar-refractivity contribution is 6.30. The number of hydrogen-bond acceptors (Lipinski definition) is 2. The number of anilines is 1.